The van der Waals surface area contributed by atoms with E-state index in [0.29, 0.717) is 6.61 Å². The van der Waals surface area contributed by atoms with Crippen molar-refractivity contribution in [3.8, 4) is 5.75 Å². The number of ether oxygens (including phenoxy) is 1. The Bertz CT molecular complexity index is 1250. The van der Waals surface area contributed by atoms with E-state index < -0.39 is 0 Å². The molecule has 4 aromatic rings. The molecule has 1 aromatic heterocycles. The van der Waals surface area contributed by atoms with E-state index in [1.54, 1.807) is 0 Å². The van der Waals surface area contributed by atoms with Gasteiger partial charge in [-0.1, -0.05) is 48.5 Å². The third kappa shape index (κ3) is 3.86. The fraction of sp³-hybridized carbons (Fsp3) is 0.286. The lowest BCUT2D eigenvalue weighted by Gasteiger charge is -2.42. The molecule has 0 amide bonds. The molecule has 3 fully saturated rings. The molecule has 0 atom stereocenters. The van der Waals surface area contributed by atoms with Gasteiger partial charge in [-0.3, -0.25) is 0 Å². The van der Waals surface area contributed by atoms with Gasteiger partial charge in [0.2, 0.25) is 0 Å². The molecule has 0 N–H and O–H groups in total. The topological polar surface area (TPSA) is 17.4 Å². The fourth-order valence-electron chi connectivity index (χ4n) is 5.35. The van der Waals surface area contributed by atoms with Crippen molar-refractivity contribution in [2.75, 3.05) is 19.7 Å². The lowest BCUT2D eigenvalue weighted by atomic mass is 9.86. The van der Waals surface area contributed by atoms with Gasteiger partial charge in [0.15, 0.2) is 0 Å². The second-order valence-corrected chi connectivity index (χ2v) is 8.91. The van der Waals surface area contributed by atoms with Gasteiger partial charge in [-0.25, -0.2) is 0 Å². The Morgan fingerprint density at radius 1 is 0.844 bits per heavy atom. The zero-order valence-electron chi connectivity index (χ0n) is 18.2. The van der Waals surface area contributed by atoms with E-state index in [9.17, 15) is 0 Å². The zero-order valence-corrected chi connectivity index (χ0v) is 19.1. The molecule has 0 saturated carbocycles. The van der Waals surface area contributed by atoms with Crippen molar-refractivity contribution in [2.24, 2.45) is 5.92 Å². The third-order valence-corrected chi connectivity index (χ3v) is 7.02. The number of piperidine rings is 3. The molecule has 164 valence electrons. The average molecular weight is 445 g/mol. The van der Waals surface area contributed by atoms with Crippen LogP contribution in [0.25, 0.3) is 21.8 Å². The van der Waals surface area contributed by atoms with Crippen molar-refractivity contribution < 1.29 is 4.74 Å². The summed E-state index contributed by atoms with van der Waals surface area (Å²) in [6, 6.07) is 25.9. The Labute approximate surface area is 195 Å². The maximum atomic E-state index is 6.21. The first-order valence-electron chi connectivity index (χ1n) is 11.5. The van der Waals surface area contributed by atoms with E-state index in [1.165, 1.54) is 65.4 Å². The molecule has 3 saturated heterocycles. The number of nitrogens with zero attached hydrogens (tertiary/aromatic N) is 2. The van der Waals surface area contributed by atoms with Crippen molar-refractivity contribution in [3.05, 3.63) is 90.1 Å². The van der Waals surface area contributed by atoms with E-state index in [0.717, 1.165) is 18.2 Å². The first kappa shape index (κ1) is 21.0. The smallest absolute Gasteiger partial charge is 0.121 e. The van der Waals surface area contributed by atoms with Gasteiger partial charge in [-0.2, -0.15) is 0 Å². The van der Waals surface area contributed by atoms with Crippen LogP contribution in [-0.4, -0.2) is 29.2 Å². The molecule has 3 nitrogen and oxygen atoms in total. The number of rotatable bonds is 5. The highest BCUT2D eigenvalue weighted by molar-refractivity contribution is 6.08. The summed E-state index contributed by atoms with van der Waals surface area (Å²) in [6.45, 7) is 3.95. The molecule has 3 aliphatic rings. The number of hydrogen-bond donors (Lipinski definition) is 0. The summed E-state index contributed by atoms with van der Waals surface area (Å²) >= 11 is 0. The number of aromatic nitrogens is 1. The largest absolute Gasteiger partial charge is 0.489 e. The number of benzene rings is 3. The van der Waals surface area contributed by atoms with Crippen LogP contribution >= 0.6 is 12.4 Å². The molecule has 3 aliphatic heterocycles. The number of halogens is 1. The molecule has 0 radical (unpaired) electrons. The predicted octanol–water partition coefficient (Wildman–Crippen LogP) is 6.64. The molecular formula is C28H29ClN2O. The number of allylic oxidation sites excluding steroid dienone is 1. The highest BCUT2D eigenvalue weighted by Gasteiger charge is 2.28. The molecule has 32 heavy (non-hydrogen) atoms. The molecule has 4 heteroatoms. The van der Waals surface area contributed by atoms with Crippen molar-refractivity contribution in [3.63, 3.8) is 0 Å². The Kier molecular flexibility index (Phi) is 5.84. The summed E-state index contributed by atoms with van der Waals surface area (Å²) in [5.41, 5.74) is 5.30. The standard InChI is InChI=1S/C28H28N2O.ClH/c1-2-6-22(7-3-1)20-30-27-9-5-4-8-25(27)26-11-10-24(19-28(26)30)31-17-14-23-18-21-12-15-29(23)16-13-21;/h1-11,14,19,21H,12-13,15-18,20H2;1H. The van der Waals surface area contributed by atoms with E-state index in [-0.39, 0.29) is 12.4 Å². The predicted molar refractivity (Wildman–Crippen MR) is 135 cm³/mol. The average Bonchev–Trinajstić information content (AvgIpc) is 3.14. The quantitative estimate of drug-likeness (QED) is 0.343. The molecule has 0 unspecified atom stereocenters. The van der Waals surface area contributed by atoms with Crippen LogP contribution in [0.1, 0.15) is 24.8 Å². The summed E-state index contributed by atoms with van der Waals surface area (Å²) in [6.07, 6.45) is 6.25. The van der Waals surface area contributed by atoms with Crippen molar-refractivity contribution >= 4 is 34.2 Å². The summed E-state index contributed by atoms with van der Waals surface area (Å²) in [7, 11) is 0. The summed E-state index contributed by atoms with van der Waals surface area (Å²) in [5, 5.41) is 2.58. The molecular weight excluding hydrogens is 416 g/mol. The maximum absolute atomic E-state index is 6.21. The van der Waals surface area contributed by atoms with Crippen LogP contribution < -0.4 is 4.74 Å². The van der Waals surface area contributed by atoms with Crippen LogP contribution in [0.3, 0.4) is 0 Å². The van der Waals surface area contributed by atoms with Crippen molar-refractivity contribution in [1.82, 2.24) is 9.47 Å². The minimum Gasteiger partial charge on any atom is -0.489 e. The second-order valence-electron chi connectivity index (χ2n) is 8.91. The van der Waals surface area contributed by atoms with Gasteiger partial charge in [-0.05, 0) is 55.0 Å². The molecule has 7 rings (SSSR count). The minimum absolute atomic E-state index is 0. The second kappa shape index (κ2) is 8.91. The van der Waals surface area contributed by atoms with Gasteiger partial charge in [0.05, 0.1) is 5.52 Å². The van der Waals surface area contributed by atoms with Crippen LogP contribution in [-0.2, 0) is 6.54 Å². The third-order valence-electron chi connectivity index (χ3n) is 7.02. The molecule has 0 aliphatic carbocycles. The van der Waals surface area contributed by atoms with Crippen molar-refractivity contribution in [1.29, 1.82) is 0 Å². The molecule has 2 bridgehead atoms. The van der Waals surface area contributed by atoms with Gasteiger partial charge >= 0.3 is 0 Å². The normalized spacial score (nSPS) is 17.2. The number of hydrogen-bond acceptors (Lipinski definition) is 2. The number of para-hydroxylation sites is 1. The Hall–Kier alpha value is -2.91. The first-order valence-corrected chi connectivity index (χ1v) is 11.5. The SMILES string of the molecule is C(COc1ccc2c3ccccc3n(Cc3ccccc3)c2c1)=C1CC2CCN1CC2.Cl. The van der Waals surface area contributed by atoms with Crippen LogP contribution in [0.4, 0.5) is 0 Å². The molecule has 4 heterocycles. The summed E-state index contributed by atoms with van der Waals surface area (Å²) in [4.78, 5) is 2.55. The Balaban J connectivity index is 0.00000216. The van der Waals surface area contributed by atoms with E-state index in [2.05, 4.69) is 88.3 Å². The monoisotopic (exact) mass is 444 g/mol. The van der Waals surface area contributed by atoms with Gasteiger partial charge in [0.1, 0.15) is 12.4 Å². The van der Waals surface area contributed by atoms with Gasteiger partial charge in [-0.15, -0.1) is 12.4 Å². The summed E-state index contributed by atoms with van der Waals surface area (Å²) in [5.74, 6) is 1.83. The lowest BCUT2D eigenvalue weighted by molar-refractivity contribution is 0.158. The van der Waals surface area contributed by atoms with Crippen LogP contribution in [0, 0.1) is 5.92 Å². The van der Waals surface area contributed by atoms with Crippen LogP contribution in [0.5, 0.6) is 5.75 Å². The minimum atomic E-state index is 0. The van der Waals surface area contributed by atoms with E-state index in [1.807, 2.05) is 0 Å². The Morgan fingerprint density at radius 2 is 1.59 bits per heavy atom. The van der Waals surface area contributed by atoms with Crippen LogP contribution in [0.2, 0.25) is 0 Å². The first-order chi connectivity index (χ1) is 15.3. The highest BCUT2D eigenvalue weighted by atomic mass is 35.5. The van der Waals surface area contributed by atoms with Crippen molar-refractivity contribution in [2.45, 2.75) is 25.8 Å². The van der Waals surface area contributed by atoms with Gasteiger partial charge in [0.25, 0.3) is 0 Å². The molecule has 3 aromatic carbocycles. The zero-order chi connectivity index (χ0) is 20.6. The van der Waals surface area contributed by atoms with Crippen LogP contribution in [0.15, 0.2) is 84.6 Å². The van der Waals surface area contributed by atoms with E-state index >= 15 is 0 Å². The maximum Gasteiger partial charge on any atom is 0.121 e. The fourth-order valence-corrected chi connectivity index (χ4v) is 5.35. The lowest BCUT2D eigenvalue weighted by Crippen LogP contribution is -2.39. The highest BCUT2D eigenvalue weighted by Crippen LogP contribution is 2.35. The Morgan fingerprint density at radius 3 is 2.38 bits per heavy atom. The molecule has 0 spiro atoms. The van der Waals surface area contributed by atoms with E-state index in [4.69, 9.17) is 4.74 Å². The van der Waals surface area contributed by atoms with Gasteiger partial charge < -0.3 is 14.2 Å². The summed E-state index contributed by atoms with van der Waals surface area (Å²) < 4.78 is 8.62. The van der Waals surface area contributed by atoms with Gasteiger partial charge in [0, 0.05) is 47.7 Å². The number of fused-ring (bicyclic) bond motifs is 6.